The standard InChI is InChI=1S/C18H28N2O2/c1-3-22-17(16-7-5-4-6-8-16)18(21)20-13-10-15(11-14-20)9-12-19-2/h4-8,15,17,19H,3,9-14H2,1-2H3. The summed E-state index contributed by atoms with van der Waals surface area (Å²) < 4.78 is 5.73. The molecule has 0 radical (unpaired) electrons. The van der Waals surface area contributed by atoms with Crippen LogP contribution >= 0.6 is 0 Å². The molecule has 1 N–H and O–H groups in total. The Hall–Kier alpha value is -1.39. The highest BCUT2D eigenvalue weighted by atomic mass is 16.5. The Morgan fingerprint density at radius 2 is 2.00 bits per heavy atom. The highest BCUT2D eigenvalue weighted by molar-refractivity contribution is 5.82. The zero-order valence-electron chi connectivity index (χ0n) is 13.8. The summed E-state index contributed by atoms with van der Waals surface area (Å²) in [5, 5.41) is 3.20. The van der Waals surface area contributed by atoms with E-state index in [9.17, 15) is 4.79 Å². The highest BCUT2D eigenvalue weighted by Crippen LogP contribution is 2.25. The van der Waals surface area contributed by atoms with E-state index in [-0.39, 0.29) is 5.91 Å². The minimum Gasteiger partial charge on any atom is -0.364 e. The SMILES string of the molecule is CCOC(C(=O)N1CCC(CCNC)CC1)c1ccccc1. The number of carbonyl (C=O) groups is 1. The Kier molecular flexibility index (Phi) is 6.87. The molecule has 1 heterocycles. The van der Waals surface area contributed by atoms with E-state index in [1.165, 1.54) is 6.42 Å². The van der Waals surface area contributed by atoms with Crippen molar-refractivity contribution in [1.82, 2.24) is 10.2 Å². The molecule has 122 valence electrons. The number of nitrogens with zero attached hydrogens (tertiary/aromatic N) is 1. The third-order valence-electron chi connectivity index (χ3n) is 4.39. The zero-order valence-corrected chi connectivity index (χ0v) is 13.8. The van der Waals surface area contributed by atoms with Gasteiger partial charge in [-0.3, -0.25) is 4.79 Å². The van der Waals surface area contributed by atoms with Crippen LogP contribution in [-0.4, -0.2) is 44.1 Å². The largest absolute Gasteiger partial charge is 0.364 e. The maximum Gasteiger partial charge on any atom is 0.256 e. The predicted molar refractivity (Wildman–Crippen MR) is 88.7 cm³/mol. The van der Waals surface area contributed by atoms with Crippen molar-refractivity contribution in [2.24, 2.45) is 5.92 Å². The molecule has 1 amide bonds. The summed E-state index contributed by atoms with van der Waals surface area (Å²) in [4.78, 5) is 14.8. The molecule has 0 aliphatic carbocycles. The van der Waals surface area contributed by atoms with Gasteiger partial charge in [0.2, 0.25) is 0 Å². The summed E-state index contributed by atoms with van der Waals surface area (Å²) in [6.07, 6.45) is 2.94. The molecular weight excluding hydrogens is 276 g/mol. The summed E-state index contributed by atoms with van der Waals surface area (Å²) in [5.41, 5.74) is 0.951. The van der Waals surface area contributed by atoms with Crippen LogP contribution in [0.5, 0.6) is 0 Å². The second-order valence-electron chi connectivity index (χ2n) is 5.91. The number of likely N-dealkylation sites (tertiary alicyclic amines) is 1. The Bertz CT molecular complexity index is 442. The van der Waals surface area contributed by atoms with E-state index in [2.05, 4.69) is 5.32 Å². The molecule has 1 aromatic carbocycles. The van der Waals surface area contributed by atoms with Gasteiger partial charge in [-0.25, -0.2) is 0 Å². The van der Waals surface area contributed by atoms with Crippen LogP contribution in [0.2, 0.25) is 0 Å². The number of hydrogen-bond acceptors (Lipinski definition) is 3. The van der Waals surface area contributed by atoms with Crippen molar-refractivity contribution >= 4 is 5.91 Å². The predicted octanol–water partition coefficient (Wildman–Crippen LogP) is 2.61. The van der Waals surface area contributed by atoms with Crippen molar-refractivity contribution in [3.63, 3.8) is 0 Å². The van der Waals surface area contributed by atoms with Gasteiger partial charge in [-0.15, -0.1) is 0 Å². The van der Waals surface area contributed by atoms with Crippen LogP contribution in [0.4, 0.5) is 0 Å². The molecule has 0 saturated carbocycles. The smallest absolute Gasteiger partial charge is 0.256 e. The van der Waals surface area contributed by atoms with E-state index in [0.29, 0.717) is 6.61 Å². The number of benzene rings is 1. The lowest BCUT2D eigenvalue weighted by molar-refractivity contribution is -0.145. The van der Waals surface area contributed by atoms with Crippen LogP contribution < -0.4 is 5.32 Å². The van der Waals surface area contributed by atoms with Gasteiger partial charge in [0.1, 0.15) is 0 Å². The summed E-state index contributed by atoms with van der Waals surface area (Å²) >= 11 is 0. The van der Waals surface area contributed by atoms with Crippen LogP contribution in [0, 0.1) is 5.92 Å². The summed E-state index contributed by atoms with van der Waals surface area (Å²) in [6.45, 7) is 5.24. The Balaban J connectivity index is 1.94. The average Bonchev–Trinajstić information content (AvgIpc) is 2.58. The lowest BCUT2D eigenvalue weighted by atomic mass is 9.93. The third-order valence-corrected chi connectivity index (χ3v) is 4.39. The summed E-state index contributed by atoms with van der Waals surface area (Å²) in [6, 6.07) is 9.82. The average molecular weight is 304 g/mol. The number of ether oxygens (including phenoxy) is 1. The fourth-order valence-electron chi connectivity index (χ4n) is 3.06. The first kappa shape index (κ1) is 17.0. The maximum atomic E-state index is 12.8. The monoisotopic (exact) mass is 304 g/mol. The molecule has 4 nitrogen and oxygen atoms in total. The zero-order chi connectivity index (χ0) is 15.8. The van der Waals surface area contributed by atoms with Gasteiger partial charge in [0.25, 0.3) is 5.91 Å². The van der Waals surface area contributed by atoms with E-state index in [0.717, 1.165) is 44.0 Å². The maximum absolute atomic E-state index is 12.8. The van der Waals surface area contributed by atoms with Crippen LogP contribution in [0.15, 0.2) is 30.3 Å². The molecule has 1 unspecified atom stereocenters. The molecule has 1 aliphatic heterocycles. The van der Waals surface area contributed by atoms with Gasteiger partial charge < -0.3 is 15.0 Å². The number of rotatable bonds is 7. The minimum atomic E-state index is -0.458. The first-order valence-corrected chi connectivity index (χ1v) is 8.36. The third kappa shape index (κ3) is 4.55. The van der Waals surface area contributed by atoms with Crippen molar-refractivity contribution in [3.05, 3.63) is 35.9 Å². The normalized spacial score (nSPS) is 17.5. The van der Waals surface area contributed by atoms with Crippen LogP contribution in [0.1, 0.15) is 37.9 Å². The number of nitrogens with one attached hydrogen (secondary N) is 1. The molecule has 1 aliphatic rings. The first-order chi connectivity index (χ1) is 10.8. The first-order valence-electron chi connectivity index (χ1n) is 8.36. The van der Waals surface area contributed by atoms with E-state index in [1.54, 1.807) is 0 Å². The molecule has 4 heteroatoms. The molecule has 22 heavy (non-hydrogen) atoms. The lowest BCUT2D eigenvalue weighted by Gasteiger charge is -2.34. The van der Waals surface area contributed by atoms with Crippen molar-refractivity contribution in [2.45, 2.75) is 32.3 Å². The molecule has 1 fully saturated rings. The second kappa shape index (κ2) is 8.91. The molecule has 0 aromatic heterocycles. The molecule has 1 saturated heterocycles. The number of piperidine rings is 1. The highest BCUT2D eigenvalue weighted by Gasteiger charge is 2.29. The number of amides is 1. The number of hydrogen-bond donors (Lipinski definition) is 1. The summed E-state index contributed by atoms with van der Waals surface area (Å²) in [5.74, 6) is 0.846. The Morgan fingerprint density at radius 3 is 2.59 bits per heavy atom. The Labute approximate surface area is 133 Å². The summed E-state index contributed by atoms with van der Waals surface area (Å²) in [7, 11) is 1.99. The van der Waals surface area contributed by atoms with Gasteiger partial charge in [0.05, 0.1) is 0 Å². The van der Waals surface area contributed by atoms with Crippen molar-refractivity contribution in [2.75, 3.05) is 33.3 Å². The molecule has 0 spiro atoms. The van der Waals surface area contributed by atoms with Gasteiger partial charge in [0, 0.05) is 19.7 Å². The van der Waals surface area contributed by atoms with Crippen LogP contribution in [0.3, 0.4) is 0 Å². The molecule has 1 aromatic rings. The van der Waals surface area contributed by atoms with Crippen LogP contribution in [0.25, 0.3) is 0 Å². The van der Waals surface area contributed by atoms with Gasteiger partial charge in [-0.05, 0) is 51.3 Å². The van der Waals surface area contributed by atoms with E-state index < -0.39 is 6.10 Å². The fourth-order valence-corrected chi connectivity index (χ4v) is 3.06. The van der Waals surface area contributed by atoms with Crippen molar-refractivity contribution < 1.29 is 9.53 Å². The van der Waals surface area contributed by atoms with E-state index in [1.807, 2.05) is 49.2 Å². The minimum absolute atomic E-state index is 0.111. The van der Waals surface area contributed by atoms with Gasteiger partial charge >= 0.3 is 0 Å². The molecule has 2 rings (SSSR count). The van der Waals surface area contributed by atoms with Gasteiger partial charge in [-0.2, -0.15) is 0 Å². The van der Waals surface area contributed by atoms with Gasteiger partial charge in [-0.1, -0.05) is 30.3 Å². The topological polar surface area (TPSA) is 41.6 Å². The molecular formula is C18H28N2O2. The molecule has 0 bridgehead atoms. The van der Waals surface area contributed by atoms with E-state index >= 15 is 0 Å². The molecule has 1 atom stereocenters. The lowest BCUT2D eigenvalue weighted by Crippen LogP contribution is -2.42. The fraction of sp³-hybridized carbons (Fsp3) is 0.611. The van der Waals surface area contributed by atoms with E-state index in [4.69, 9.17) is 4.74 Å². The van der Waals surface area contributed by atoms with Crippen molar-refractivity contribution in [3.8, 4) is 0 Å². The van der Waals surface area contributed by atoms with Gasteiger partial charge in [0.15, 0.2) is 6.10 Å². The Morgan fingerprint density at radius 1 is 1.32 bits per heavy atom. The van der Waals surface area contributed by atoms with Crippen molar-refractivity contribution in [1.29, 1.82) is 0 Å². The quantitative estimate of drug-likeness (QED) is 0.842. The van der Waals surface area contributed by atoms with Crippen LogP contribution in [-0.2, 0) is 9.53 Å². The second-order valence-corrected chi connectivity index (χ2v) is 5.91. The number of carbonyl (C=O) groups excluding carboxylic acids is 1.